The highest BCUT2D eigenvalue weighted by Crippen LogP contribution is 2.40. The van der Waals surface area contributed by atoms with Crippen molar-refractivity contribution in [2.45, 2.75) is 31.6 Å². The number of benzene rings is 1. The summed E-state index contributed by atoms with van der Waals surface area (Å²) >= 11 is 1.45. The van der Waals surface area contributed by atoms with Crippen LogP contribution >= 0.6 is 11.3 Å². The number of hydrogen-bond donors (Lipinski definition) is 1. The van der Waals surface area contributed by atoms with E-state index in [1.165, 1.54) is 30.2 Å². The predicted octanol–water partition coefficient (Wildman–Crippen LogP) is 3.73. The molecule has 0 radical (unpaired) electrons. The van der Waals surface area contributed by atoms with Crippen LogP contribution in [0.3, 0.4) is 0 Å². The van der Waals surface area contributed by atoms with Gasteiger partial charge in [0.25, 0.3) is 0 Å². The van der Waals surface area contributed by atoms with Gasteiger partial charge < -0.3 is 5.32 Å². The number of carbonyl (C=O) groups excluding carboxylic acids is 1. The molecule has 1 heterocycles. The molecule has 0 saturated heterocycles. The van der Waals surface area contributed by atoms with Crippen LogP contribution in [0.25, 0.3) is 0 Å². The lowest BCUT2D eigenvalue weighted by molar-refractivity contribution is -0.116. The molecular weight excluding hydrogens is 275 g/mol. The standard InChI is InChI=1S/C15H15FN2OS/c16-12-4-2-1-3-10(12)7-8-14(19)18-15-17-13(9-20-15)11-5-6-11/h1-4,9,11H,5-8H2,(H,17,18,19). The highest BCUT2D eigenvalue weighted by molar-refractivity contribution is 7.13. The molecule has 3 rings (SSSR count). The van der Waals surface area contributed by atoms with Crippen LogP contribution in [0.15, 0.2) is 29.6 Å². The molecule has 20 heavy (non-hydrogen) atoms. The zero-order valence-corrected chi connectivity index (χ0v) is 11.8. The lowest BCUT2D eigenvalue weighted by Gasteiger charge is -2.03. The molecule has 0 unspecified atom stereocenters. The van der Waals surface area contributed by atoms with Gasteiger partial charge in [-0.3, -0.25) is 4.79 Å². The number of aryl methyl sites for hydroxylation is 1. The largest absolute Gasteiger partial charge is 0.302 e. The first-order valence-corrected chi connectivity index (χ1v) is 7.59. The quantitative estimate of drug-likeness (QED) is 0.911. The molecule has 0 aliphatic heterocycles. The second kappa shape index (κ2) is 5.71. The molecule has 1 aliphatic rings. The third-order valence-corrected chi connectivity index (χ3v) is 4.12. The molecule has 3 nitrogen and oxygen atoms in total. The molecule has 2 aromatic rings. The molecule has 1 saturated carbocycles. The summed E-state index contributed by atoms with van der Waals surface area (Å²) in [4.78, 5) is 16.2. The Morgan fingerprint density at radius 3 is 2.95 bits per heavy atom. The molecule has 0 bridgehead atoms. The zero-order valence-electron chi connectivity index (χ0n) is 10.9. The topological polar surface area (TPSA) is 42.0 Å². The van der Waals surface area contributed by atoms with Crippen molar-refractivity contribution in [3.05, 3.63) is 46.7 Å². The lowest BCUT2D eigenvalue weighted by atomic mass is 10.1. The van der Waals surface area contributed by atoms with Crippen LogP contribution in [-0.4, -0.2) is 10.9 Å². The number of anilines is 1. The van der Waals surface area contributed by atoms with Crippen LogP contribution in [-0.2, 0) is 11.2 Å². The number of hydrogen-bond acceptors (Lipinski definition) is 3. The van der Waals surface area contributed by atoms with Crippen molar-refractivity contribution in [2.24, 2.45) is 0 Å². The van der Waals surface area contributed by atoms with E-state index in [1.54, 1.807) is 18.2 Å². The number of aromatic nitrogens is 1. The summed E-state index contributed by atoms with van der Waals surface area (Å²) in [6, 6.07) is 6.54. The summed E-state index contributed by atoms with van der Waals surface area (Å²) in [5.41, 5.74) is 1.65. The van der Waals surface area contributed by atoms with E-state index in [1.807, 2.05) is 5.38 Å². The molecule has 5 heteroatoms. The van der Waals surface area contributed by atoms with Crippen molar-refractivity contribution in [1.82, 2.24) is 4.98 Å². The van der Waals surface area contributed by atoms with Gasteiger partial charge in [0, 0.05) is 17.7 Å². The van der Waals surface area contributed by atoms with Crippen molar-refractivity contribution >= 4 is 22.4 Å². The normalized spacial score (nSPS) is 14.2. The van der Waals surface area contributed by atoms with Gasteiger partial charge in [0.1, 0.15) is 5.82 Å². The second-order valence-electron chi connectivity index (χ2n) is 4.99. The van der Waals surface area contributed by atoms with E-state index in [0.717, 1.165) is 5.69 Å². The fraction of sp³-hybridized carbons (Fsp3) is 0.333. The average molecular weight is 290 g/mol. The van der Waals surface area contributed by atoms with Crippen LogP contribution in [0.1, 0.15) is 36.4 Å². The molecule has 0 atom stereocenters. The van der Waals surface area contributed by atoms with Gasteiger partial charge in [-0.2, -0.15) is 0 Å². The van der Waals surface area contributed by atoms with Gasteiger partial charge >= 0.3 is 0 Å². The van der Waals surface area contributed by atoms with Crippen LogP contribution in [0.4, 0.5) is 9.52 Å². The van der Waals surface area contributed by atoms with Gasteiger partial charge in [-0.05, 0) is 30.9 Å². The Labute approximate surface area is 120 Å². The van der Waals surface area contributed by atoms with Crippen molar-refractivity contribution < 1.29 is 9.18 Å². The number of amides is 1. The predicted molar refractivity (Wildman–Crippen MR) is 77.4 cm³/mol. The smallest absolute Gasteiger partial charge is 0.226 e. The van der Waals surface area contributed by atoms with E-state index >= 15 is 0 Å². The summed E-state index contributed by atoms with van der Waals surface area (Å²) < 4.78 is 13.4. The SMILES string of the molecule is O=C(CCc1ccccc1F)Nc1nc(C2CC2)cs1. The third kappa shape index (κ3) is 3.22. The lowest BCUT2D eigenvalue weighted by Crippen LogP contribution is -2.12. The molecule has 1 amide bonds. The maximum atomic E-state index is 13.4. The number of rotatable bonds is 5. The molecule has 1 aromatic carbocycles. The Balaban J connectivity index is 1.52. The van der Waals surface area contributed by atoms with Gasteiger partial charge in [-0.15, -0.1) is 11.3 Å². The molecule has 104 valence electrons. The highest BCUT2D eigenvalue weighted by atomic mass is 32.1. The van der Waals surface area contributed by atoms with Gasteiger partial charge in [0.2, 0.25) is 5.91 Å². The summed E-state index contributed by atoms with van der Waals surface area (Å²) in [7, 11) is 0. The van der Waals surface area contributed by atoms with Crippen LogP contribution in [0, 0.1) is 5.82 Å². The van der Waals surface area contributed by atoms with E-state index in [9.17, 15) is 9.18 Å². The third-order valence-electron chi connectivity index (χ3n) is 3.34. The Morgan fingerprint density at radius 1 is 1.40 bits per heavy atom. The molecular formula is C15H15FN2OS. The summed E-state index contributed by atoms with van der Waals surface area (Å²) in [5.74, 6) is 0.214. The van der Waals surface area contributed by atoms with Crippen LogP contribution < -0.4 is 5.32 Å². The minimum atomic E-state index is -0.259. The first kappa shape index (κ1) is 13.2. The fourth-order valence-corrected chi connectivity index (χ4v) is 2.85. The Kier molecular flexibility index (Phi) is 3.78. The first-order chi connectivity index (χ1) is 9.72. The molecule has 0 spiro atoms. The number of halogens is 1. The van der Waals surface area contributed by atoms with Gasteiger partial charge in [0.05, 0.1) is 5.69 Å². The number of thiazole rings is 1. The van der Waals surface area contributed by atoms with E-state index in [0.29, 0.717) is 23.0 Å². The summed E-state index contributed by atoms with van der Waals surface area (Å²) in [5, 5.41) is 5.43. The summed E-state index contributed by atoms with van der Waals surface area (Å²) in [6.07, 6.45) is 3.06. The van der Waals surface area contributed by atoms with E-state index in [2.05, 4.69) is 10.3 Å². The van der Waals surface area contributed by atoms with Crippen molar-refractivity contribution in [3.8, 4) is 0 Å². The van der Waals surface area contributed by atoms with Crippen molar-refractivity contribution in [3.63, 3.8) is 0 Å². The maximum Gasteiger partial charge on any atom is 0.226 e. The van der Waals surface area contributed by atoms with Crippen LogP contribution in [0.5, 0.6) is 0 Å². The van der Waals surface area contributed by atoms with E-state index < -0.39 is 0 Å². The van der Waals surface area contributed by atoms with Crippen molar-refractivity contribution in [2.75, 3.05) is 5.32 Å². The molecule has 1 aromatic heterocycles. The fourth-order valence-electron chi connectivity index (χ4n) is 2.04. The van der Waals surface area contributed by atoms with Gasteiger partial charge in [0.15, 0.2) is 5.13 Å². The number of carbonyl (C=O) groups is 1. The number of nitrogens with zero attached hydrogens (tertiary/aromatic N) is 1. The summed E-state index contributed by atoms with van der Waals surface area (Å²) in [6.45, 7) is 0. The molecule has 1 N–H and O–H groups in total. The Morgan fingerprint density at radius 2 is 2.20 bits per heavy atom. The van der Waals surface area contributed by atoms with E-state index in [4.69, 9.17) is 0 Å². The minimum absolute atomic E-state index is 0.120. The molecule has 1 fully saturated rings. The monoisotopic (exact) mass is 290 g/mol. The minimum Gasteiger partial charge on any atom is -0.302 e. The van der Waals surface area contributed by atoms with Gasteiger partial charge in [-0.25, -0.2) is 9.37 Å². The Hall–Kier alpha value is -1.75. The Bertz CT molecular complexity index is 622. The average Bonchev–Trinajstić information content (AvgIpc) is 3.19. The molecule has 1 aliphatic carbocycles. The zero-order chi connectivity index (χ0) is 13.9. The second-order valence-corrected chi connectivity index (χ2v) is 5.85. The maximum absolute atomic E-state index is 13.4. The van der Waals surface area contributed by atoms with E-state index in [-0.39, 0.29) is 18.1 Å². The highest BCUT2D eigenvalue weighted by Gasteiger charge is 2.26. The van der Waals surface area contributed by atoms with Gasteiger partial charge in [-0.1, -0.05) is 18.2 Å². The van der Waals surface area contributed by atoms with Crippen molar-refractivity contribution in [1.29, 1.82) is 0 Å². The number of nitrogens with one attached hydrogen (secondary N) is 1. The first-order valence-electron chi connectivity index (χ1n) is 6.71. The van der Waals surface area contributed by atoms with Crippen LogP contribution in [0.2, 0.25) is 0 Å².